The standard InChI is InChI=1S/C11H15FN2O2S/c12-10-4-2-1-3-9(10)11-6-5-8(7-14-11)17(13,15)16/h1-4,8,11,14H,5-7H2,(H2,13,15,16). The molecule has 1 fully saturated rings. The first-order valence-corrected chi connectivity index (χ1v) is 7.09. The summed E-state index contributed by atoms with van der Waals surface area (Å²) in [5, 5.41) is 7.55. The molecule has 2 rings (SSSR count). The summed E-state index contributed by atoms with van der Waals surface area (Å²) in [5.74, 6) is -0.265. The second-order valence-electron chi connectivity index (χ2n) is 4.27. The van der Waals surface area contributed by atoms with Crippen molar-refractivity contribution < 1.29 is 12.8 Å². The lowest BCUT2D eigenvalue weighted by Crippen LogP contribution is -2.43. The van der Waals surface area contributed by atoms with E-state index in [9.17, 15) is 12.8 Å². The van der Waals surface area contributed by atoms with E-state index in [2.05, 4.69) is 5.32 Å². The number of hydrogen-bond donors (Lipinski definition) is 2. The van der Waals surface area contributed by atoms with Crippen molar-refractivity contribution in [2.24, 2.45) is 5.14 Å². The molecular formula is C11H15FN2O2S. The van der Waals surface area contributed by atoms with Crippen molar-refractivity contribution in [2.75, 3.05) is 6.54 Å². The van der Waals surface area contributed by atoms with Gasteiger partial charge in [0.15, 0.2) is 0 Å². The van der Waals surface area contributed by atoms with Crippen molar-refractivity contribution in [3.8, 4) is 0 Å². The number of primary sulfonamides is 1. The van der Waals surface area contributed by atoms with Crippen LogP contribution in [0.5, 0.6) is 0 Å². The molecule has 0 bridgehead atoms. The smallest absolute Gasteiger partial charge is 0.213 e. The van der Waals surface area contributed by atoms with Gasteiger partial charge in [-0.2, -0.15) is 0 Å². The number of rotatable bonds is 2. The molecule has 6 heteroatoms. The molecule has 2 unspecified atom stereocenters. The topological polar surface area (TPSA) is 72.2 Å². The number of nitrogens with two attached hydrogens (primary N) is 1. The van der Waals surface area contributed by atoms with Crippen LogP contribution in [0.25, 0.3) is 0 Å². The predicted molar refractivity (Wildman–Crippen MR) is 63.3 cm³/mol. The Morgan fingerprint density at radius 2 is 2.00 bits per heavy atom. The molecule has 1 heterocycles. The summed E-state index contributed by atoms with van der Waals surface area (Å²) >= 11 is 0. The number of halogens is 1. The van der Waals surface area contributed by atoms with Crippen molar-refractivity contribution in [3.05, 3.63) is 35.6 Å². The van der Waals surface area contributed by atoms with E-state index < -0.39 is 15.3 Å². The maximum absolute atomic E-state index is 13.5. The molecule has 0 amide bonds. The number of nitrogens with one attached hydrogen (secondary N) is 1. The van der Waals surface area contributed by atoms with Gasteiger partial charge in [0.05, 0.1) is 5.25 Å². The summed E-state index contributed by atoms with van der Waals surface area (Å²) in [7, 11) is -3.50. The Bertz CT molecular complexity index is 496. The first-order chi connectivity index (χ1) is 7.98. The molecule has 1 saturated heterocycles. The minimum atomic E-state index is -3.50. The van der Waals surface area contributed by atoms with Gasteiger partial charge >= 0.3 is 0 Å². The molecule has 4 nitrogen and oxygen atoms in total. The lowest BCUT2D eigenvalue weighted by Gasteiger charge is -2.29. The molecule has 0 spiro atoms. The molecule has 1 aliphatic heterocycles. The Kier molecular flexibility index (Phi) is 3.46. The van der Waals surface area contributed by atoms with Gasteiger partial charge in [-0.15, -0.1) is 0 Å². The SMILES string of the molecule is NS(=O)(=O)C1CCC(c2ccccc2F)NC1. The molecule has 0 radical (unpaired) electrons. The average Bonchev–Trinajstić information content (AvgIpc) is 2.29. The van der Waals surface area contributed by atoms with E-state index in [4.69, 9.17) is 5.14 Å². The Hall–Kier alpha value is -0.980. The van der Waals surface area contributed by atoms with Gasteiger partial charge in [0.25, 0.3) is 0 Å². The first kappa shape index (κ1) is 12.5. The number of piperidine rings is 1. The number of sulfonamides is 1. The van der Waals surface area contributed by atoms with Gasteiger partial charge in [0, 0.05) is 18.2 Å². The highest BCUT2D eigenvalue weighted by Crippen LogP contribution is 2.26. The van der Waals surface area contributed by atoms with Crippen LogP contribution in [-0.4, -0.2) is 20.2 Å². The van der Waals surface area contributed by atoms with E-state index in [0.29, 0.717) is 18.4 Å². The molecule has 0 saturated carbocycles. The van der Waals surface area contributed by atoms with Crippen LogP contribution in [0.2, 0.25) is 0 Å². The maximum atomic E-state index is 13.5. The van der Waals surface area contributed by atoms with Gasteiger partial charge in [-0.25, -0.2) is 17.9 Å². The molecular weight excluding hydrogens is 243 g/mol. The summed E-state index contributed by atoms with van der Waals surface area (Å²) < 4.78 is 35.8. The Balaban J connectivity index is 2.08. The molecule has 1 aliphatic rings. The largest absolute Gasteiger partial charge is 0.308 e. The van der Waals surface area contributed by atoms with Crippen LogP contribution < -0.4 is 10.5 Å². The van der Waals surface area contributed by atoms with Crippen molar-refractivity contribution in [2.45, 2.75) is 24.1 Å². The fourth-order valence-electron chi connectivity index (χ4n) is 2.13. The van der Waals surface area contributed by atoms with Crippen LogP contribution in [0.1, 0.15) is 24.4 Å². The molecule has 0 aliphatic carbocycles. The number of hydrogen-bond acceptors (Lipinski definition) is 3. The molecule has 1 aromatic rings. The zero-order valence-electron chi connectivity index (χ0n) is 9.27. The molecule has 17 heavy (non-hydrogen) atoms. The summed E-state index contributed by atoms with van der Waals surface area (Å²) in [6.07, 6.45) is 1.03. The molecule has 94 valence electrons. The summed E-state index contributed by atoms with van der Waals surface area (Å²) in [6.45, 7) is 0.276. The van der Waals surface area contributed by atoms with Crippen molar-refractivity contribution >= 4 is 10.0 Å². The predicted octanol–water partition coefficient (Wildman–Crippen LogP) is 0.907. The van der Waals surface area contributed by atoms with Crippen LogP contribution in [0.3, 0.4) is 0 Å². The maximum Gasteiger partial charge on any atom is 0.213 e. The molecule has 2 atom stereocenters. The van der Waals surface area contributed by atoms with Gasteiger partial charge < -0.3 is 5.32 Å². The Morgan fingerprint density at radius 1 is 1.29 bits per heavy atom. The van der Waals surface area contributed by atoms with Gasteiger partial charge in [0.1, 0.15) is 5.82 Å². The third-order valence-electron chi connectivity index (χ3n) is 3.11. The Labute approximate surface area is 100 Å². The first-order valence-electron chi connectivity index (χ1n) is 5.48. The van der Waals surface area contributed by atoms with Crippen LogP contribution in [0.4, 0.5) is 4.39 Å². The minimum absolute atomic E-state index is 0.130. The van der Waals surface area contributed by atoms with E-state index in [1.165, 1.54) is 6.07 Å². The lowest BCUT2D eigenvalue weighted by atomic mass is 9.97. The Morgan fingerprint density at radius 3 is 2.53 bits per heavy atom. The number of benzene rings is 1. The third-order valence-corrected chi connectivity index (χ3v) is 4.45. The highest BCUT2D eigenvalue weighted by atomic mass is 32.2. The van der Waals surface area contributed by atoms with E-state index in [1.54, 1.807) is 18.2 Å². The molecule has 0 aromatic heterocycles. The zero-order valence-corrected chi connectivity index (χ0v) is 10.1. The quantitative estimate of drug-likeness (QED) is 0.828. The molecule has 1 aromatic carbocycles. The van der Waals surface area contributed by atoms with Crippen LogP contribution in [0.15, 0.2) is 24.3 Å². The van der Waals surface area contributed by atoms with E-state index >= 15 is 0 Å². The van der Waals surface area contributed by atoms with Gasteiger partial charge in [-0.3, -0.25) is 0 Å². The summed E-state index contributed by atoms with van der Waals surface area (Å²) in [5.41, 5.74) is 0.584. The van der Waals surface area contributed by atoms with Crippen LogP contribution in [-0.2, 0) is 10.0 Å². The van der Waals surface area contributed by atoms with Crippen molar-refractivity contribution in [3.63, 3.8) is 0 Å². The van der Waals surface area contributed by atoms with Crippen molar-refractivity contribution in [1.82, 2.24) is 5.32 Å². The van der Waals surface area contributed by atoms with E-state index in [-0.39, 0.29) is 18.4 Å². The highest BCUT2D eigenvalue weighted by molar-refractivity contribution is 7.89. The van der Waals surface area contributed by atoms with Crippen molar-refractivity contribution in [1.29, 1.82) is 0 Å². The molecule has 3 N–H and O–H groups in total. The van der Waals surface area contributed by atoms with Gasteiger partial charge in [-0.1, -0.05) is 18.2 Å². The fourth-order valence-corrected chi connectivity index (χ4v) is 2.93. The fraction of sp³-hybridized carbons (Fsp3) is 0.455. The lowest BCUT2D eigenvalue weighted by molar-refractivity contribution is 0.397. The van der Waals surface area contributed by atoms with Gasteiger partial charge in [0.2, 0.25) is 10.0 Å². The average molecular weight is 258 g/mol. The summed E-state index contributed by atoms with van der Waals surface area (Å²) in [4.78, 5) is 0. The third kappa shape index (κ3) is 2.83. The van der Waals surface area contributed by atoms with Crippen LogP contribution >= 0.6 is 0 Å². The summed E-state index contributed by atoms with van der Waals surface area (Å²) in [6, 6.07) is 6.39. The van der Waals surface area contributed by atoms with E-state index in [1.807, 2.05) is 0 Å². The zero-order chi connectivity index (χ0) is 12.5. The van der Waals surface area contributed by atoms with Crippen LogP contribution in [0, 0.1) is 5.82 Å². The second-order valence-corrected chi connectivity index (χ2v) is 6.12. The second kappa shape index (κ2) is 4.72. The normalized spacial score (nSPS) is 25.8. The minimum Gasteiger partial charge on any atom is -0.308 e. The highest BCUT2D eigenvalue weighted by Gasteiger charge is 2.29. The van der Waals surface area contributed by atoms with Gasteiger partial charge in [-0.05, 0) is 18.9 Å². The van der Waals surface area contributed by atoms with E-state index in [0.717, 1.165) is 0 Å². The monoisotopic (exact) mass is 258 g/mol.